The van der Waals surface area contributed by atoms with Crippen molar-refractivity contribution in [3.05, 3.63) is 47.8 Å². The third kappa shape index (κ3) is 3.89. The van der Waals surface area contributed by atoms with Crippen LogP contribution in [0.3, 0.4) is 0 Å². The van der Waals surface area contributed by atoms with Crippen molar-refractivity contribution >= 4 is 21.7 Å². The van der Waals surface area contributed by atoms with E-state index in [9.17, 15) is 13.2 Å². The van der Waals surface area contributed by atoms with Crippen molar-refractivity contribution in [1.29, 1.82) is 0 Å². The summed E-state index contributed by atoms with van der Waals surface area (Å²) < 4.78 is 40.9. The number of carbonyl (C=O) groups is 1. The Hall–Kier alpha value is -3.60. The summed E-state index contributed by atoms with van der Waals surface area (Å²) in [7, 11) is -2.66. The van der Waals surface area contributed by atoms with Crippen LogP contribution in [0.2, 0.25) is 0 Å². The van der Waals surface area contributed by atoms with Crippen molar-refractivity contribution in [2.45, 2.75) is 43.5 Å². The van der Waals surface area contributed by atoms with E-state index in [1.54, 1.807) is 16.9 Å². The highest BCUT2D eigenvalue weighted by molar-refractivity contribution is 7.90. The number of aromatic nitrogens is 3. The third-order valence-corrected chi connectivity index (χ3v) is 8.32. The number of benzene rings is 1. The van der Waals surface area contributed by atoms with E-state index >= 15 is 0 Å². The van der Waals surface area contributed by atoms with E-state index in [0.717, 1.165) is 54.4 Å². The van der Waals surface area contributed by atoms with Crippen LogP contribution in [-0.2, 0) is 29.4 Å². The second-order valence-corrected chi connectivity index (χ2v) is 11.0. The Balaban J connectivity index is 1.28. The third-order valence-electron chi connectivity index (χ3n) is 7.01. The molecular formula is C24H25N5O5S. The Morgan fingerprint density at radius 1 is 1.23 bits per heavy atom. The number of nitrogens with zero attached hydrogens (tertiary/aromatic N) is 3. The van der Waals surface area contributed by atoms with Crippen LogP contribution in [0.4, 0.5) is 10.5 Å². The summed E-state index contributed by atoms with van der Waals surface area (Å²) in [5.41, 5.74) is 4.38. The van der Waals surface area contributed by atoms with Crippen molar-refractivity contribution in [3.8, 4) is 22.9 Å². The van der Waals surface area contributed by atoms with Crippen LogP contribution < -0.4 is 19.5 Å². The van der Waals surface area contributed by atoms with Gasteiger partial charge in [-0.05, 0) is 54.9 Å². The van der Waals surface area contributed by atoms with Crippen molar-refractivity contribution in [2.24, 2.45) is 5.41 Å². The number of methoxy groups -OCH3 is 1. The summed E-state index contributed by atoms with van der Waals surface area (Å²) in [5, 5.41) is 7.00. The second-order valence-electron chi connectivity index (χ2n) is 9.39. The lowest BCUT2D eigenvalue weighted by molar-refractivity contribution is 0.144. The molecule has 182 valence electrons. The number of hydrogen-bond donors (Lipinski definition) is 2. The quantitative estimate of drug-likeness (QED) is 0.557. The summed E-state index contributed by atoms with van der Waals surface area (Å²) in [6.45, 7) is 1.08. The Kier molecular flexibility index (Phi) is 4.99. The summed E-state index contributed by atoms with van der Waals surface area (Å²) in [6, 6.07) is 6.73. The van der Waals surface area contributed by atoms with Gasteiger partial charge in [-0.15, -0.1) is 0 Å². The minimum Gasteiger partial charge on any atom is -0.481 e. The predicted octanol–water partition coefficient (Wildman–Crippen LogP) is 3.13. The number of amides is 2. The molecule has 2 N–H and O–H groups in total. The summed E-state index contributed by atoms with van der Waals surface area (Å²) >= 11 is 0. The Labute approximate surface area is 202 Å². The van der Waals surface area contributed by atoms with E-state index in [2.05, 4.69) is 20.1 Å². The number of aryl methyl sites for hydroxylation is 1. The molecule has 1 aliphatic heterocycles. The zero-order chi connectivity index (χ0) is 24.2. The Morgan fingerprint density at radius 2 is 2.09 bits per heavy atom. The van der Waals surface area contributed by atoms with E-state index in [1.807, 2.05) is 18.2 Å². The van der Waals surface area contributed by atoms with Crippen molar-refractivity contribution in [2.75, 3.05) is 19.0 Å². The van der Waals surface area contributed by atoms with Gasteiger partial charge in [0.05, 0.1) is 32.1 Å². The number of nitrogens with one attached hydrogen (secondary N) is 2. The molecule has 0 radical (unpaired) electrons. The number of carbonyl (C=O) groups excluding carboxylic acids is 1. The van der Waals surface area contributed by atoms with Crippen LogP contribution in [0.5, 0.6) is 11.8 Å². The van der Waals surface area contributed by atoms with Gasteiger partial charge in [0.15, 0.2) is 4.90 Å². The van der Waals surface area contributed by atoms with Crippen LogP contribution in [0.25, 0.3) is 11.1 Å². The van der Waals surface area contributed by atoms with Crippen molar-refractivity contribution in [3.63, 3.8) is 0 Å². The molecule has 3 aliphatic rings. The zero-order valence-electron chi connectivity index (χ0n) is 19.2. The molecule has 6 rings (SSSR count). The molecule has 35 heavy (non-hydrogen) atoms. The van der Waals surface area contributed by atoms with Gasteiger partial charge in [0, 0.05) is 23.2 Å². The molecule has 1 spiro atoms. The zero-order valence-corrected chi connectivity index (χ0v) is 20.0. The Bertz CT molecular complexity index is 1440. The number of ether oxygens (including phenoxy) is 2. The molecule has 10 nitrogen and oxygen atoms in total. The topological polar surface area (TPSA) is 124 Å². The van der Waals surface area contributed by atoms with Gasteiger partial charge >= 0.3 is 6.03 Å². The summed E-state index contributed by atoms with van der Waals surface area (Å²) in [4.78, 5) is 17.0. The largest absolute Gasteiger partial charge is 0.481 e. The molecule has 2 aromatic heterocycles. The first-order valence-corrected chi connectivity index (χ1v) is 13.0. The molecule has 1 saturated carbocycles. The number of pyridine rings is 1. The van der Waals surface area contributed by atoms with Gasteiger partial charge in [-0.3, -0.25) is 0 Å². The number of fused-ring (bicyclic) bond motifs is 2. The van der Waals surface area contributed by atoms with E-state index in [4.69, 9.17) is 9.47 Å². The maximum atomic E-state index is 13.1. The first-order valence-electron chi connectivity index (χ1n) is 11.6. The lowest BCUT2D eigenvalue weighted by Gasteiger charge is -2.24. The van der Waals surface area contributed by atoms with E-state index in [-0.39, 0.29) is 16.2 Å². The van der Waals surface area contributed by atoms with Gasteiger partial charge in [0.1, 0.15) is 0 Å². The standard InChI is InChI=1S/C24H25N5O5S/c1-33-20-11-16(7-10-25-20)18-6-5-15-3-2-4-17(15)21(18)27-23(30)28-35(31,32)19-12-26-29-13-24(8-9-24)14-34-22(19)29/h5-7,10-12H,2-4,8-9,13-14H2,1H3,(H2,27,28,30). The molecule has 2 amide bonds. The van der Waals surface area contributed by atoms with Crippen LogP contribution in [0, 0.1) is 5.41 Å². The molecule has 2 aliphatic carbocycles. The molecule has 0 bridgehead atoms. The highest BCUT2D eigenvalue weighted by Crippen LogP contribution is 2.50. The fourth-order valence-electron chi connectivity index (χ4n) is 4.92. The second kappa shape index (κ2) is 7.98. The average Bonchev–Trinajstić information content (AvgIpc) is 3.22. The molecule has 0 atom stereocenters. The monoisotopic (exact) mass is 495 g/mol. The van der Waals surface area contributed by atoms with Crippen LogP contribution in [0.1, 0.15) is 30.4 Å². The molecule has 0 unspecified atom stereocenters. The number of urea groups is 1. The SMILES string of the molecule is COc1cc(-c2ccc3c(c2NC(=O)NS(=O)(=O)c2cnn4c2OCC2(CC2)C4)CCC3)ccn1. The maximum Gasteiger partial charge on any atom is 0.333 e. The van der Waals surface area contributed by atoms with E-state index < -0.39 is 16.1 Å². The van der Waals surface area contributed by atoms with Crippen molar-refractivity contribution < 1.29 is 22.7 Å². The first-order chi connectivity index (χ1) is 16.9. The van der Waals surface area contributed by atoms with Crippen LogP contribution in [-0.4, -0.2) is 42.9 Å². The molecule has 11 heteroatoms. The number of anilines is 1. The average molecular weight is 496 g/mol. The highest BCUT2D eigenvalue weighted by Gasteiger charge is 2.48. The lowest BCUT2D eigenvalue weighted by atomic mass is 9.98. The van der Waals surface area contributed by atoms with Gasteiger partial charge < -0.3 is 14.8 Å². The molecular weight excluding hydrogens is 470 g/mol. The molecule has 3 heterocycles. The minimum atomic E-state index is -4.20. The smallest absolute Gasteiger partial charge is 0.333 e. The van der Waals surface area contributed by atoms with Gasteiger partial charge in [-0.25, -0.2) is 27.6 Å². The summed E-state index contributed by atoms with van der Waals surface area (Å²) in [6.07, 6.45) is 7.62. The van der Waals surface area contributed by atoms with Gasteiger partial charge in [0.25, 0.3) is 10.0 Å². The number of hydrogen-bond acceptors (Lipinski definition) is 7. The number of sulfonamides is 1. The van der Waals surface area contributed by atoms with Gasteiger partial charge in [-0.1, -0.05) is 12.1 Å². The van der Waals surface area contributed by atoms with Crippen LogP contribution >= 0.6 is 0 Å². The fraction of sp³-hybridized carbons (Fsp3) is 0.375. The lowest BCUT2D eigenvalue weighted by Crippen LogP contribution is -2.35. The van der Waals surface area contributed by atoms with Crippen molar-refractivity contribution in [1.82, 2.24) is 19.5 Å². The molecule has 1 fully saturated rings. The predicted molar refractivity (Wildman–Crippen MR) is 127 cm³/mol. The minimum absolute atomic E-state index is 0.0740. The van der Waals surface area contributed by atoms with Gasteiger partial charge in [-0.2, -0.15) is 5.10 Å². The molecule has 1 aromatic carbocycles. The maximum absolute atomic E-state index is 13.1. The number of rotatable bonds is 5. The van der Waals surface area contributed by atoms with E-state index in [0.29, 0.717) is 24.7 Å². The fourth-order valence-corrected chi connectivity index (χ4v) is 5.90. The molecule has 3 aromatic rings. The highest BCUT2D eigenvalue weighted by atomic mass is 32.2. The summed E-state index contributed by atoms with van der Waals surface area (Å²) in [5.74, 6) is 0.618. The molecule has 0 saturated heterocycles. The van der Waals surface area contributed by atoms with Gasteiger partial charge in [0.2, 0.25) is 11.8 Å². The normalized spacial score (nSPS) is 17.3. The first kappa shape index (κ1) is 21.9. The van der Waals surface area contributed by atoms with E-state index in [1.165, 1.54) is 13.3 Å². The Morgan fingerprint density at radius 3 is 2.89 bits per heavy atom. The van der Waals surface area contributed by atoms with Crippen LogP contribution in [0.15, 0.2) is 41.6 Å².